The van der Waals surface area contributed by atoms with E-state index in [1.54, 1.807) is 0 Å². The number of halogens is 2. The fraction of sp³-hybridized carbons (Fsp3) is 0.500. The Hall–Kier alpha value is -0.370. The van der Waals surface area contributed by atoms with Gasteiger partial charge in [-0.2, -0.15) is 4.39 Å². The standard InChI is InChI=1S/C6H8ClFO/c1-2-3-4-5(7)6(8)9/h4H,2-3H2,1H3/b5-4-. The van der Waals surface area contributed by atoms with Crippen LogP contribution in [0, 0.1) is 0 Å². The van der Waals surface area contributed by atoms with E-state index in [0.717, 1.165) is 6.42 Å². The van der Waals surface area contributed by atoms with Crippen LogP contribution in [0.4, 0.5) is 4.39 Å². The van der Waals surface area contributed by atoms with Crippen molar-refractivity contribution in [2.45, 2.75) is 19.8 Å². The van der Waals surface area contributed by atoms with Crippen molar-refractivity contribution in [1.29, 1.82) is 0 Å². The molecule has 0 fully saturated rings. The summed E-state index contributed by atoms with van der Waals surface area (Å²) in [5, 5.41) is -0.308. The van der Waals surface area contributed by atoms with E-state index in [2.05, 4.69) is 0 Å². The Bertz CT molecular complexity index is 131. The maximum absolute atomic E-state index is 11.6. The fourth-order valence-electron chi connectivity index (χ4n) is 0.351. The zero-order valence-corrected chi connectivity index (χ0v) is 5.91. The van der Waals surface area contributed by atoms with Gasteiger partial charge in [-0.3, -0.25) is 4.79 Å². The van der Waals surface area contributed by atoms with Crippen molar-refractivity contribution in [3.8, 4) is 0 Å². The smallest absolute Gasteiger partial charge is 0.254 e. The minimum atomic E-state index is -1.55. The minimum absolute atomic E-state index is 0.308. The highest BCUT2D eigenvalue weighted by Crippen LogP contribution is 2.05. The molecule has 0 spiro atoms. The molecule has 0 rings (SSSR count). The third kappa shape index (κ3) is 4.15. The number of hydrogen-bond donors (Lipinski definition) is 0. The van der Waals surface area contributed by atoms with E-state index < -0.39 is 6.04 Å². The Morgan fingerprint density at radius 1 is 1.78 bits per heavy atom. The molecule has 0 bridgehead atoms. The second kappa shape index (κ2) is 4.50. The van der Waals surface area contributed by atoms with Gasteiger partial charge in [0.15, 0.2) is 0 Å². The Labute approximate surface area is 58.5 Å². The molecule has 0 aromatic rings. The van der Waals surface area contributed by atoms with Crippen molar-refractivity contribution >= 4 is 17.6 Å². The van der Waals surface area contributed by atoms with Gasteiger partial charge in [0.2, 0.25) is 0 Å². The van der Waals surface area contributed by atoms with Crippen molar-refractivity contribution in [1.82, 2.24) is 0 Å². The highest BCUT2D eigenvalue weighted by molar-refractivity contribution is 6.41. The molecular formula is C6H8ClFO. The number of allylic oxidation sites excluding steroid dienone is 2. The van der Waals surface area contributed by atoms with Crippen molar-refractivity contribution in [3.05, 3.63) is 11.1 Å². The molecule has 0 aromatic carbocycles. The van der Waals surface area contributed by atoms with Crippen LogP contribution in [0.2, 0.25) is 0 Å². The van der Waals surface area contributed by atoms with Crippen LogP contribution in [0.15, 0.2) is 11.1 Å². The van der Waals surface area contributed by atoms with E-state index >= 15 is 0 Å². The topological polar surface area (TPSA) is 17.1 Å². The van der Waals surface area contributed by atoms with Crippen LogP contribution in [-0.4, -0.2) is 6.04 Å². The predicted octanol–water partition coefficient (Wildman–Crippen LogP) is 2.41. The average Bonchev–Trinajstić information content (AvgIpc) is 1.82. The summed E-state index contributed by atoms with van der Waals surface area (Å²) < 4.78 is 11.6. The van der Waals surface area contributed by atoms with E-state index in [1.165, 1.54) is 6.08 Å². The molecule has 9 heavy (non-hydrogen) atoms. The third-order valence-electron chi connectivity index (χ3n) is 0.800. The molecule has 0 aliphatic rings. The van der Waals surface area contributed by atoms with Crippen molar-refractivity contribution in [2.24, 2.45) is 0 Å². The molecule has 52 valence electrons. The number of unbranched alkanes of at least 4 members (excludes halogenated alkanes) is 1. The van der Waals surface area contributed by atoms with Gasteiger partial charge in [-0.05, 0) is 6.42 Å². The highest BCUT2D eigenvalue weighted by Gasteiger charge is 2.00. The van der Waals surface area contributed by atoms with Gasteiger partial charge < -0.3 is 0 Å². The molecule has 0 amide bonds. The molecule has 0 saturated heterocycles. The van der Waals surface area contributed by atoms with E-state index in [0.29, 0.717) is 6.42 Å². The average molecular weight is 151 g/mol. The molecule has 1 nitrogen and oxygen atoms in total. The molecule has 0 aliphatic carbocycles. The SMILES string of the molecule is CCC/C=C(\Cl)C(=O)F. The van der Waals surface area contributed by atoms with E-state index in [4.69, 9.17) is 11.6 Å². The molecule has 0 radical (unpaired) electrons. The van der Waals surface area contributed by atoms with Crippen molar-refractivity contribution in [2.75, 3.05) is 0 Å². The fourth-order valence-corrected chi connectivity index (χ4v) is 0.460. The van der Waals surface area contributed by atoms with E-state index in [9.17, 15) is 9.18 Å². The third-order valence-corrected chi connectivity index (χ3v) is 1.10. The quantitative estimate of drug-likeness (QED) is 0.446. The lowest BCUT2D eigenvalue weighted by Crippen LogP contribution is -1.84. The van der Waals surface area contributed by atoms with Gasteiger partial charge in [0.05, 0.1) is 0 Å². The van der Waals surface area contributed by atoms with Crippen LogP contribution < -0.4 is 0 Å². The van der Waals surface area contributed by atoms with Crippen LogP contribution >= 0.6 is 11.6 Å². The van der Waals surface area contributed by atoms with Gasteiger partial charge >= 0.3 is 6.04 Å². The van der Waals surface area contributed by atoms with Crippen LogP contribution in [0.5, 0.6) is 0 Å². The van der Waals surface area contributed by atoms with Crippen molar-refractivity contribution < 1.29 is 9.18 Å². The Morgan fingerprint density at radius 2 is 2.33 bits per heavy atom. The minimum Gasteiger partial charge on any atom is -0.254 e. The molecule has 0 aliphatic heterocycles. The second-order valence-electron chi connectivity index (χ2n) is 1.61. The summed E-state index contributed by atoms with van der Waals surface area (Å²) in [6.45, 7) is 1.92. The van der Waals surface area contributed by atoms with Crippen LogP contribution in [0.1, 0.15) is 19.8 Å². The number of carbonyl (C=O) groups is 1. The molecule has 0 aromatic heterocycles. The summed E-state index contributed by atoms with van der Waals surface area (Å²) in [5.74, 6) is 0. The molecule has 0 N–H and O–H groups in total. The van der Waals surface area contributed by atoms with Crippen LogP contribution in [0.25, 0.3) is 0 Å². The number of rotatable bonds is 3. The molecule has 0 heterocycles. The zero-order chi connectivity index (χ0) is 7.28. The Morgan fingerprint density at radius 3 is 2.67 bits per heavy atom. The number of carbonyl (C=O) groups excluding carboxylic acids is 1. The monoisotopic (exact) mass is 150 g/mol. The summed E-state index contributed by atoms with van der Waals surface area (Å²) >= 11 is 5.13. The molecule has 0 unspecified atom stereocenters. The lowest BCUT2D eigenvalue weighted by Gasteiger charge is -1.85. The van der Waals surface area contributed by atoms with E-state index in [-0.39, 0.29) is 5.03 Å². The summed E-state index contributed by atoms with van der Waals surface area (Å²) in [5.41, 5.74) is 0. The Kier molecular flexibility index (Phi) is 4.32. The lowest BCUT2D eigenvalue weighted by atomic mass is 10.3. The lowest BCUT2D eigenvalue weighted by molar-refractivity contribution is -0.124. The summed E-state index contributed by atoms with van der Waals surface area (Å²) in [6.07, 6.45) is 2.89. The molecular weight excluding hydrogens is 143 g/mol. The first kappa shape index (κ1) is 8.63. The van der Waals surface area contributed by atoms with Crippen LogP contribution in [0.3, 0.4) is 0 Å². The largest absolute Gasteiger partial charge is 0.343 e. The Balaban J connectivity index is 3.69. The van der Waals surface area contributed by atoms with E-state index in [1.807, 2.05) is 6.92 Å². The zero-order valence-electron chi connectivity index (χ0n) is 5.16. The van der Waals surface area contributed by atoms with Gasteiger partial charge in [-0.15, -0.1) is 0 Å². The van der Waals surface area contributed by atoms with Gasteiger partial charge in [0.25, 0.3) is 0 Å². The highest BCUT2D eigenvalue weighted by atomic mass is 35.5. The van der Waals surface area contributed by atoms with Crippen molar-refractivity contribution in [3.63, 3.8) is 0 Å². The first-order valence-corrected chi connectivity index (χ1v) is 3.11. The molecule has 0 saturated carbocycles. The molecule has 3 heteroatoms. The van der Waals surface area contributed by atoms with Gasteiger partial charge in [-0.25, -0.2) is 0 Å². The number of hydrogen-bond acceptors (Lipinski definition) is 1. The maximum atomic E-state index is 11.6. The van der Waals surface area contributed by atoms with Gasteiger partial charge in [0.1, 0.15) is 5.03 Å². The van der Waals surface area contributed by atoms with Crippen LogP contribution in [-0.2, 0) is 4.79 Å². The normalized spacial score (nSPS) is 11.7. The first-order valence-electron chi connectivity index (χ1n) is 2.74. The molecule has 0 atom stereocenters. The maximum Gasteiger partial charge on any atom is 0.343 e. The first-order chi connectivity index (χ1) is 4.18. The second-order valence-corrected chi connectivity index (χ2v) is 2.02. The van der Waals surface area contributed by atoms with Gasteiger partial charge in [-0.1, -0.05) is 31.0 Å². The van der Waals surface area contributed by atoms with Gasteiger partial charge in [0, 0.05) is 0 Å². The summed E-state index contributed by atoms with van der Waals surface area (Å²) in [4.78, 5) is 9.78. The predicted molar refractivity (Wildman–Crippen MR) is 35.0 cm³/mol. The summed E-state index contributed by atoms with van der Waals surface area (Å²) in [6, 6.07) is -1.55. The summed E-state index contributed by atoms with van der Waals surface area (Å²) in [7, 11) is 0.